The molecule has 0 fully saturated rings. The number of fused-ring (bicyclic) bond motifs is 1. The molecule has 8 heteroatoms. The smallest absolute Gasteiger partial charge is 0.341 e. The molecule has 6 nitrogen and oxygen atoms in total. The van der Waals surface area contributed by atoms with Gasteiger partial charge in [0.2, 0.25) is 0 Å². The fourth-order valence-corrected chi connectivity index (χ4v) is 3.19. The summed E-state index contributed by atoms with van der Waals surface area (Å²) in [5, 5.41) is 12.7. The van der Waals surface area contributed by atoms with Crippen LogP contribution in [0.4, 0.5) is 5.69 Å². The van der Waals surface area contributed by atoms with Crippen molar-refractivity contribution in [3.8, 4) is 5.75 Å². The van der Waals surface area contributed by atoms with Crippen LogP contribution in [0.1, 0.15) is 15.9 Å². The van der Waals surface area contributed by atoms with Crippen LogP contribution < -0.4 is 10.1 Å². The number of nitrogens with zero attached hydrogens (tertiary/aromatic N) is 1. The number of rotatable bonds is 5. The van der Waals surface area contributed by atoms with Gasteiger partial charge in [-0.25, -0.2) is 4.79 Å². The molecule has 0 unspecified atom stereocenters. The van der Waals surface area contributed by atoms with Crippen molar-refractivity contribution < 1.29 is 19.4 Å². The zero-order valence-corrected chi connectivity index (χ0v) is 15.6. The van der Waals surface area contributed by atoms with Gasteiger partial charge in [-0.2, -0.15) is 0 Å². The molecule has 0 spiro atoms. The van der Waals surface area contributed by atoms with Gasteiger partial charge in [-0.05, 0) is 31.2 Å². The van der Waals surface area contributed by atoms with Gasteiger partial charge in [-0.15, -0.1) is 0 Å². The summed E-state index contributed by atoms with van der Waals surface area (Å²) in [5.41, 5.74) is 1.72. The number of carboxylic acids is 1. The summed E-state index contributed by atoms with van der Waals surface area (Å²) in [6.45, 7) is 1.28. The molecular weight excluding hydrogens is 391 g/mol. The predicted molar refractivity (Wildman–Crippen MR) is 104 cm³/mol. The van der Waals surface area contributed by atoms with E-state index in [1.54, 1.807) is 49.5 Å². The van der Waals surface area contributed by atoms with Crippen LogP contribution in [0.15, 0.2) is 42.6 Å². The number of carboxylic acid groups (broad SMARTS) is 1. The van der Waals surface area contributed by atoms with E-state index in [-0.39, 0.29) is 15.6 Å². The Balaban J connectivity index is 2.02. The van der Waals surface area contributed by atoms with Crippen molar-refractivity contribution in [1.29, 1.82) is 0 Å². The molecule has 1 aromatic heterocycles. The first kappa shape index (κ1) is 18.9. The van der Waals surface area contributed by atoms with Gasteiger partial charge in [-0.1, -0.05) is 35.3 Å². The highest BCUT2D eigenvalue weighted by molar-refractivity contribution is 6.40. The largest absolute Gasteiger partial charge is 0.481 e. The number of nitrogens with one attached hydrogen (secondary N) is 1. The summed E-state index contributed by atoms with van der Waals surface area (Å²) < 4.78 is 5.40. The number of pyridine rings is 1. The summed E-state index contributed by atoms with van der Waals surface area (Å²) in [5.74, 6) is -1.17. The molecule has 0 atom stereocenters. The zero-order chi connectivity index (χ0) is 19.6. The Labute approximate surface area is 164 Å². The Morgan fingerprint density at radius 1 is 1.15 bits per heavy atom. The lowest BCUT2D eigenvalue weighted by molar-refractivity contribution is -0.139. The highest BCUT2D eigenvalue weighted by Gasteiger charge is 2.17. The zero-order valence-electron chi connectivity index (χ0n) is 14.1. The van der Waals surface area contributed by atoms with Gasteiger partial charge in [0.1, 0.15) is 5.75 Å². The third kappa shape index (κ3) is 3.97. The number of anilines is 1. The van der Waals surface area contributed by atoms with E-state index in [0.717, 1.165) is 0 Å². The van der Waals surface area contributed by atoms with Gasteiger partial charge in [0, 0.05) is 17.1 Å². The molecule has 2 aromatic carbocycles. The maximum Gasteiger partial charge on any atom is 0.341 e. The van der Waals surface area contributed by atoms with Crippen LogP contribution in [-0.2, 0) is 4.79 Å². The molecule has 1 amide bonds. The number of aromatic nitrogens is 1. The second-order valence-corrected chi connectivity index (χ2v) is 6.52. The molecule has 138 valence electrons. The van der Waals surface area contributed by atoms with E-state index in [2.05, 4.69) is 10.3 Å². The van der Waals surface area contributed by atoms with E-state index in [1.807, 2.05) is 0 Å². The summed E-state index contributed by atoms with van der Waals surface area (Å²) >= 11 is 12.2. The second-order valence-electron chi connectivity index (χ2n) is 5.71. The number of para-hydroxylation sites is 1. The Morgan fingerprint density at radius 3 is 2.48 bits per heavy atom. The summed E-state index contributed by atoms with van der Waals surface area (Å²) in [4.78, 5) is 27.8. The molecule has 3 aromatic rings. The predicted octanol–water partition coefficient (Wildman–Crippen LogP) is 4.57. The molecular formula is C19H14Cl2N2O4. The minimum absolute atomic E-state index is 0.160. The Morgan fingerprint density at radius 2 is 1.81 bits per heavy atom. The number of hydrogen-bond acceptors (Lipinski definition) is 4. The van der Waals surface area contributed by atoms with Crippen molar-refractivity contribution in [2.24, 2.45) is 0 Å². The minimum Gasteiger partial charge on any atom is -0.481 e. The molecule has 0 aliphatic carbocycles. The van der Waals surface area contributed by atoms with E-state index in [0.29, 0.717) is 27.9 Å². The lowest BCUT2D eigenvalue weighted by Crippen LogP contribution is -2.14. The van der Waals surface area contributed by atoms with Gasteiger partial charge in [-0.3, -0.25) is 9.78 Å². The van der Waals surface area contributed by atoms with Crippen molar-refractivity contribution in [3.05, 3.63) is 63.8 Å². The number of ether oxygens (including phenoxy) is 1. The van der Waals surface area contributed by atoms with Crippen LogP contribution in [0.5, 0.6) is 5.75 Å². The number of carbonyl (C=O) groups excluding carboxylic acids is 1. The highest BCUT2D eigenvalue weighted by Crippen LogP contribution is 2.33. The third-order valence-electron chi connectivity index (χ3n) is 3.80. The van der Waals surface area contributed by atoms with E-state index in [1.165, 1.54) is 0 Å². The third-order valence-corrected chi connectivity index (χ3v) is 4.43. The number of halogens is 2. The van der Waals surface area contributed by atoms with Gasteiger partial charge in [0.15, 0.2) is 6.61 Å². The van der Waals surface area contributed by atoms with Crippen LogP contribution in [-0.4, -0.2) is 28.6 Å². The first-order valence-electron chi connectivity index (χ1n) is 7.86. The molecule has 3 rings (SSSR count). The number of hydrogen-bond donors (Lipinski definition) is 2. The average Bonchev–Trinajstić information content (AvgIpc) is 2.60. The summed E-state index contributed by atoms with van der Waals surface area (Å²) in [6, 6.07) is 9.92. The lowest BCUT2D eigenvalue weighted by Gasteiger charge is -2.14. The maximum atomic E-state index is 12.6. The number of amides is 1. The van der Waals surface area contributed by atoms with Crippen molar-refractivity contribution in [2.45, 2.75) is 6.92 Å². The maximum absolute atomic E-state index is 12.6. The Hall–Kier alpha value is -2.83. The van der Waals surface area contributed by atoms with Crippen molar-refractivity contribution >= 4 is 51.7 Å². The number of aliphatic carboxylic acids is 1. The molecule has 0 saturated carbocycles. The van der Waals surface area contributed by atoms with Crippen LogP contribution >= 0.6 is 23.2 Å². The first-order valence-corrected chi connectivity index (χ1v) is 8.62. The fraction of sp³-hybridized carbons (Fsp3) is 0.105. The quantitative estimate of drug-likeness (QED) is 0.650. The summed E-state index contributed by atoms with van der Waals surface area (Å²) in [7, 11) is 0. The number of benzene rings is 2. The normalized spacial score (nSPS) is 10.6. The molecule has 0 aliphatic heterocycles. The van der Waals surface area contributed by atoms with Crippen molar-refractivity contribution in [1.82, 2.24) is 4.98 Å². The van der Waals surface area contributed by atoms with Crippen LogP contribution in [0.2, 0.25) is 10.0 Å². The van der Waals surface area contributed by atoms with Crippen molar-refractivity contribution in [3.63, 3.8) is 0 Å². The minimum atomic E-state index is -1.09. The van der Waals surface area contributed by atoms with E-state index < -0.39 is 18.5 Å². The molecule has 0 radical (unpaired) electrons. The van der Waals surface area contributed by atoms with Crippen molar-refractivity contribution in [2.75, 3.05) is 11.9 Å². The Bertz CT molecular complexity index is 1030. The SMILES string of the molecule is Cc1cnc2c(NC(=O)c3c(Cl)cccc3Cl)cccc2c1OCC(=O)O. The topological polar surface area (TPSA) is 88.5 Å². The van der Waals surface area contributed by atoms with E-state index >= 15 is 0 Å². The summed E-state index contributed by atoms with van der Waals surface area (Å²) in [6.07, 6.45) is 1.55. The van der Waals surface area contributed by atoms with Gasteiger partial charge in [0.05, 0.1) is 26.8 Å². The van der Waals surface area contributed by atoms with Crippen LogP contribution in [0, 0.1) is 6.92 Å². The monoisotopic (exact) mass is 404 g/mol. The first-order chi connectivity index (χ1) is 12.9. The molecule has 27 heavy (non-hydrogen) atoms. The fourth-order valence-electron chi connectivity index (χ4n) is 2.62. The lowest BCUT2D eigenvalue weighted by atomic mass is 10.1. The second kappa shape index (κ2) is 7.82. The van der Waals surface area contributed by atoms with Gasteiger partial charge in [0.25, 0.3) is 5.91 Å². The van der Waals surface area contributed by atoms with Gasteiger partial charge < -0.3 is 15.2 Å². The Kier molecular flexibility index (Phi) is 5.48. The van der Waals surface area contributed by atoms with Gasteiger partial charge >= 0.3 is 5.97 Å². The van der Waals surface area contributed by atoms with Crippen LogP contribution in [0.3, 0.4) is 0 Å². The molecule has 0 saturated heterocycles. The molecule has 2 N–H and O–H groups in total. The highest BCUT2D eigenvalue weighted by atomic mass is 35.5. The van der Waals surface area contributed by atoms with E-state index in [4.69, 9.17) is 33.0 Å². The standard InChI is InChI=1S/C19H14Cl2N2O4/c1-10-8-22-17-11(18(10)27-9-15(24)25)4-2-7-14(17)23-19(26)16-12(20)5-3-6-13(16)21/h2-8H,9H2,1H3,(H,23,26)(H,24,25). The molecule has 1 heterocycles. The molecule has 0 aliphatic rings. The number of aryl methyl sites for hydroxylation is 1. The number of carbonyl (C=O) groups is 2. The van der Waals surface area contributed by atoms with E-state index in [9.17, 15) is 9.59 Å². The molecule has 0 bridgehead atoms. The van der Waals surface area contributed by atoms with Crippen LogP contribution in [0.25, 0.3) is 10.9 Å². The average molecular weight is 405 g/mol.